The van der Waals surface area contributed by atoms with Gasteiger partial charge in [0.15, 0.2) is 0 Å². The van der Waals surface area contributed by atoms with Crippen LogP contribution in [0.4, 0.5) is 0 Å². The van der Waals surface area contributed by atoms with Crippen LogP contribution in [0.3, 0.4) is 0 Å². The van der Waals surface area contributed by atoms with Crippen LogP contribution in [0, 0.1) is 5.41 Å². The molecule has 0 bridgehead atoms. The molecule has 0 saturated heterocycles. The molecule has 0 heterocycles. The molecule has 0 aliphatic carbocycles. The van der Waals surface area contributed by atoms with Crippen LogP contribution in [0.15, 0.2) is 29.2 Å². The predicted octanol–water partition coefficient (Wildman–Crippen LogP) is 0.107. The zero-order valence-corrected chi connectivity index (χ0v) is 16.4. The van der Waals surface area contributed by atoms with Gasteiger partial charge in [-0.25, -0.2) is 8.42 Å². The van der Waals surface area contributed by atoms with Crippen molar-refractivity contribution in [1.82, 2.24) is 0 Å². The first kappa shape index (κ1) is 21.6. The van der Waals surface area contributed by atoms with E-state index in [-0.39, 0.29) is 51.6 Å². The fourth-order valence-corrected chi connectivity index (χ4v) is 2.25. The topological polar surface area (TPSA) is 83.5 Å². The molecule has 0 unspecified atom stereocenters. The fraction of sp³-hybridized carbons (Fsp3) is 0.533. The number of ether oxygens (including phenoxy) is 1. The molecule has 22 heavy (non-hydrogen) atoms. The van der Waals surface area contributed by atoms with E-state index in [1.54, 1.807) is 0 Å². The van der Waals surface area contributed by atoms with E-state index in [0.29, 0.717) is 6.42 Å². The maximum Gasteiger partial charge on any atom is 1.00 e. The molecule has 0 aliphatic heterocycles. The Morgan fingerprint density at radius 2 is 1.68 bits per heavy atom. The van der Waals surface area contributed by atoms with Crippen molar-refractivity contribution in [2.24, 2.45) is 5.41 Å². The minimum atomic E-state index is -4.47. The van der Waals surface area contributed by atoms with Gasteiger partial charge in [0.1, 0.15) is 15.9 Å². The largest absolute Gasteiger partial charge is 1.00 e. The summed E-state index contributed by atoms with van der Waals surface area (Å²) in [5, 5.41) is 0. The van der Waals surface area contributed by atoms with Crippen molar-refractivity contribution in [3.8, 4) is 5.75 Å². The molecular weight excluding hydrogens is 315 g/mol. The Bertz CT molecular complexity index is 573. The van der Waals surface area contributed by atoms with E-state index < -0.39 is 10.1 Å². The van der Waals surface area contributed by atoms with Gasteiger partial charge in [0.05, 0.1) is 4.90 Å². The third kappa shape index (κ3) is 8.90. The summed E-state index contributed by atoms with van der Waals surface area (Å²) in [5.41, 5.74) is 0.254. The average Bonchev–Trinajstić information content (AvgIpc) is 2.33. The van der Waals surface area contributed by atoms with Gasteiger partial charge in [0.25, 0.3) is 0 Å². The zero-order valence-electron chi connectivity index (χ0n) is 13.6. The molecule has 0 amide bonds. The number of hydrogen-bond donors (Lipinski definition) is 0. The number of carbonyl (C=O) groups is 1. The number of carbonyl (C=O) groups excluding carboxylic acids is 1. The van der Waals surface area contributed by atoms with Crippen molar-refractivity contribution >= 4 is 16.1 Å². The smallest absolute Gasteiger partial charge is 0.744 e. The zero-order chi connectivity index (χ0) is 16.1. The number of benzene rings is 1. The second kappa shape index (κ2) is 9.03. The number of unbranched alkanes of at least 4 members (excludes halogenated alkanes) is 1. The van der Waals surface area contributed by atoms with Crippen molar-refractivity contribution in [2.45, 2.75) is 51.3 Å². The Balaban J connectivity index is 0.00000441. The van der Waals surface area contributed by atoms with Crippen LogP contribution in [0.1, 0.15) is 46.5 Å². The summed E-state index contributed by atoms with van der Waals surface area (Å²) in [6.07, 6.45) is 3.06. The van der Waals surface area contributed by atoms with Crippen LogP contribution in [0.25, 0.3) is 0 Å². The van der Waals surface area contributed by atoms with Gasteiger partial charge in [-0.3, -0.25) is 4.79 Å². The van der Waals surface area contributed by atoms with E-state index in [2.05, 4.69) is 20.8 Å². The molecule has 0 radical (unpaired) electrons. The molecule has 0 saturated carbocycles. The van der Waals surface area contributed by atoms with E-state index in [0.717, 1.165) is 31.4 Å². The average molecular weight is 336 g/mol. The molecular formula is C15H21NaO5S. The first-order valence-corrected chi connectivity index (χ1v) is 8.25. The van der Waals surface area contributed by atoms with E-state index in [4.69, 9.17) is 4.74 Å². The molecule has 7 heteroatoms. The molecule has 0 spiro atoms. The summed E-state index contributed by atoms with van der Waals surface area (Å²) >= 11 is 0. The predicted molar refractivity (Wildman–Crippen MR) is 78.0 cm³/mol. The van der Waals surface area contributed by atoms with E-state index in [1.807, 2.05) is 0 Å². The molecule has 1 aromatic carbocycles. The van der Waals surface area contributed by atoms with Crippen LogP contribution >= 0.6 is 0 Å². The molecule has 5 nitrogen and oxygen atoms in total. The van der Waals surface area contributed by atoms with Gasteiger partial charge in [-0.1, -0.05) is 27.2 Å². The van der Waals surface area contributed by atoms with Gasteiger partial charge in [-0.15, -0.1) is 0 Å². The van der Waals surface area contributed by atoms with E-state index in [9.17, 15) is 17.8 Å². The molecule has 0 aromatic heterocycles. The summed E-state index contributed by atoms with van der Waals surface area (Å²) in [6.45, 7) is 6.45. The molecule has 1 aromatic rings. The van der Waals surface area contributed by atoms with Gasteiger partial charge in [-0.2, -0.15) is 0 Å². The first-order valence-electron chi connectivity index (χ1n) is 6.84. The van der Waals surface area contributed by atoms with Gasteiger partial charge >= 0.3 is 35.5 Å². The van der Waals surface area contributed by atoms with Gasteiger partial charge < -0.3 is 9.29 Å². The summed E-state index contributed by atoms with van der Waals surface area (Å²) < 4.78 is 37.4. The first-order chi connectivity index (χ1) is 9.58. The number of esters is 1. The fourth-order valence-electron chi connectivity index (χ4n) is 1.78. The summed E-state index contributed by atoms with van der Waals surface area (Å²) in [6, 6.07) is 4.87. The van der Waals surface area contributed by atoms with Crippen LogP contribution in [0.5, 0.6) is 5.75 Å². The summed E-state index contributed by atoms with van der Waals surface area (Å²) in [5.74, 6) is -0.120. The van der Waals surface area contributed by atoms with E-state index >= 15 is 0 Å². The third-order valence-corrected chi connectivity index (χ3v) is 3.75. The van der Waals surface area contributed by atoms with E-state index in [1.165, 1.54) is 12.1 Å². The van der Waals surface area contributed by atoms with Crippen LogP contribution < -0.4 is 34.3 Å². The third-order valence-electron chi connectivity index (χ3n) is 2.90. The molecule has 0 aliphatic rings. The summed E-state index contributed by atoms with van der Waals surface area (Å²) in [4.78, 5) is 11.3. The second-order valence-electron chi connectivity index (χ2n) is 6.17. The monoisotopic (exact) mass is 336 g/mol. The Morgan fingerprint density at radius 1 is 1.14 bits per heavy atom. The van der Waals surface area contributed by atoms with Crippen molar-refractivity contribution in [1.29, 1.82) is 0 Å². The molecule has 0 N–H and O–H groups in total. The molecule has 1 rings (SSSR count). The maximum atomic E-state index is 11.6. The van der Waals surface area contributed by atoms with Crippen LogP contribution in [-0.2, 0) is 14.9 Å². The second-order valence-corrected chi connectivity index (χ2v) is 7.55. The van der Waals surface area contributed by atoms with Crippen molar-refractivity contribution in [3.63, 3.8) is 0 Å². The van der Waals surface area contributed by atoms with Gasteiger partial charge in [-0.05, 0) is 42.5 Å². The van der Waals surface area contributed by atoms with Gasteiger partial charge in [0, 0.05) is 6.42 Å². The normalized spacial score (nSPS) is 11.6. The molecule has 0 fully saturated rings. The van der Waals surface area contributed by atoms with Crippen molar-refractivity contribution in [3.05, 3.63) is 24.3 Å². The van der Waals surface area contributed by atoms with Gasteiger partial charge in [0.2, 0.25) is 0 Å². The Morgan fingerprint density at radius 3 is 2.14 bits per heavy atom. The number of rotatable bonds is 6. The minimum Gasteiger partial charge on any atom is -0.744 e. The quantitative estimate of drug-likeness (QED) is 0.242. The van der Waals surface area contributed by atoms with Crippen molar-refractivity contribution in [2.75, 3.05) is 0 Å². The van der Waals surface area contributed by atoms with Crippen LogP contribution in [0.2, 0.25) is 0 Å². The SMILES string of the molecule is CC(C)(C)CCCCC(=O)Oc1ccc(S(=O)(=O)[O-])cc1.[Na+]. The molecule has 118 valence electrons. The standard InChI is InChI=1S/C15H22O5S.Na/c1-15(2,3)11-5-4-6-14(16)20-12-7-9-13(10-8-12)21(17,18)19;/h7-10H,4-6,11H2,1-3H3,(H,17,18,19);/q;+1/p-1. The van der Waals surface area contributed by atoms with Crippen molar-refractivity contribution < 1.29 is 52.1 Å². The summed E-state index contributed by atoms with van der Waals surface area (Å²) in [7, 11) is -4.47. The molecule has 0 atom stereocenters. The Labute approximate surface area is 154 Å². The number of hydrogen-bond acceptors (Lipinski definition) is 5. The minimum absolute atomic E-state index is 0. The van der Waals surface area contributed by atoms with Crippen LogP contribution in [-0.4, -0.2) is 18.9 Å². The Hall–Kier alpha value is -0.400. The maximum absolute atomic E-state index is 11.6. The Kier molecular flexibility index (Phi) is 8.87.